The number of likely N-dealkylation sites (tertiary alicyclic amines) is 2. The van der Waals surface area contributed by atoms with E-state index in [1.807, 2.05) is 59.5 Å². The Labute approximate surface area is 174 Å². The number of H-pyrrole nitrogens is 1. The van der Waals surface area contributed by atoms with Crippen LogP contribution in [0.1, 0.15) is 23.3 Å². The van der Waals surface area contributed by atoms with Crippen molar-refractivity contribution in [3.63, 3.8) is 0 Å². The Morgan fingerprint density at radius 3 is 2.77 bits per heavy atom. The van der Waals surface area contributed by atoms with Crippen LogP contribution in [0.25, 0.3) is 11.3 Å². The third kappa shape index (κ3) is 3.26. The lowest BCUT2D eigenvalue weighted by molar-refractivity contribution is 0.0651. The number of carbonyl (C=O) groups is 1. The monoisotopic (exact) mass is 399 g/mol. The van der Waals surface area contributed by atoms with Gasteiger partial charge in [0.1, 0.15) is 11.5 Å². The van der Waals surface area contributed by atoms with Gasteiger partial charge in [0.25, 0.3) is 5.91 Å². The van der Waals surface area contributed by atoms with Gasteiger partial charge in [-0.3, -0.25) is 9.89 Å². The molecule has 2 atom stereocenters. The number of benzene rings is 2. The van der Waals surface area contributed by atoms with E-state index < -0.39 is 0 Å². The van der Waals surface area contributed by atoms with Gasteiger partial charge in [-0.05, 0) is 43.2 Å². The summed E-state index contributed by atoms with van der Waals surface area (Å²) in [6, 6.07) is 19.4. The number of nitrogens with zero attached hydrogens (tertiary/aromatic N) is 4. The Balaban J connectivity index is 1.38. The SMILES string of the molecule is N#CN1C[C@@H]2C[C@H]1CCN2C(=O)c1cc(-c2ccccc2Oc2ccccc2)[nH]n1. The highest BCUT2D eigenvalue weighted by Crippen LogP contribution is 2.34. The number of nitrogens with one attached hydrogen (secondary N) is 1. The predicted molar refractivity (Wildman–Crippen MR) is 111 cm³/mol. The van der Waals surface area contributed by atoms with Gasteiger partial charge in [0.05, 0.1) is 11.7 Å². The molecule has 0 radical (unpaired) electrons. The van der Waals surface area contributed by atoms with Crippen molar-refractivity contribution in [1.82, 2.24) is 20.0 Å². The molecule has 1 N–H and O–H groups in total. The third-order valence-electron chi connectivity index (χ3n) is 5.87. The Morgan fingerprint density at radius 2 is 1.93 bits per heavy atom. The molecule has 5 rings (SSSR count). The first-order chi connectivity index (χ1) is 14.7. The molecule has 150 valence electrons. The highest BCUT2D eigenvalue weighted by molar-refractivity contribution is 5.94. The average molecular weight is 399 g/mol. The molecule has 0 spiro atoms. The molecule has 0 aliphatic carbocycles. The maximum absolute atomic E-state index is 13.1. The number of nitriles is 1. The summed E-state index contributed by atoms with van der Waals surface area (Å²) in [6.45, 7) is 1.26. The number of para-hydroxylation sites is 2. The predicted octanol–water partition coefficient (Wildman–Crippen LogP) is 3.64. The van der Waals surface area contributed by atoms with Crippen LogP contribution in [0.5, 0.6) is 11.5 Å². The Hall–Kier alpha value is -3.79. The summed E-state index contributed by atoms with van der Waals surface area (Å²) < 4.78 is 6.03. The summed E-state index contributed by atoms with van der Waals surface area (Å²) in [4.78, 5) is 16.8. The van der Waals surface area contributed by atoms with Crippen molar-refractivity contribution in [2.75, 3.05) is 13.1 Å². The molecule has 2 aliphatic rings. The van der Waals surface area contributed by atoms with Crippen molar-refractivity contribution >= 4 is 5.91 Å². The van der Waals surface area contributed by atoms with E-state index in [2.05, 4.69) is 16.4 Å². The van der Waals surface area contributed by atoms with Crippen LogP contribution in [0.2, 0.25) is 0 Å². The van der Waals surface area contributed by atoms with Gasteiger partial charge in [-0.2, -0.15) is 10.4 Å². The van der Waals surface area contributed by atoms with Gasteiger partial charge < -0.3 is 14.5 Å². The second kappa shape index (κ2) is 7.56. The van der Waals surface area contributed by atoms with Gasteiger partial charge >= 0.3 is 0 Å². The van der Waals surface area contributed by atoms with E-state index in [1.165, 1.54) is 0 Å². The summed E-state index contributed by atoms with van der Waals surface area (Å²) in [5.41, 5.74) is 1.95. The zero-order chi connectivity index (χ0) is 20.5. The van der Waals surface area contributed by atoms with Crippen molar-refractivity contribution in [2.24, 2.45) is 0 Å². The number of ether oxygens (including phenoxy) is 1. The maximum atomic E-state index is 13.1. The Bertz CT molecular complexity index is 1100. The van der Waals surface area contributed by atoms with Crippen LogP contribution < -0.4 is 4.74 Å². The van der Waals surface area contributed by atoms with Gasteiger partial charge in [0, 0.05) is 24.7 Å². The number of hydrogen-bond acceptors (Lipinski definition) is 5. The van der Waals surface area contributed by atoms with E-state index >= 15 is 0 Å². The maximum Gasteiger partial charge on any atom is 0.274 e. The standard InChI is InChI=1S/C23H21N5O2/c24-15-27-14-17-12-16(27)10-11-28(17)23(29)21-13-20(25-26-21)19-8-4-5-9-22(19)30-18-6-2-1-3-7-18/h1-9,13,16-17H,10-12,14H2,(H,25,26)/t16-,17+/m1/s1. The molecule has 3 heterocycles. The van der Waals surface area contributed by atoms with Gasteiger partial charge in [0.15, 0.2) is 11.9 Å². The summed E-state index contributed by atoms with van der Waals surface area (Å²) in [7, 11) is 0. The van der Waals surface area contributed by atoms with Crippen molar-refractivity contribution in [1.29, 1.82) is 5.26 Å². The lowest BCUT2D eigenvalue weighted by Crippen LogP contribution is -2.44. The highest BCUT2D eigenvalue weighted by atomic mass is 16.5. The first kappa shape index (κ1) is 18.3. The van der Waals surface area contributed by atoms with Gasteiger partial charge in [-0.1, -0.05) is 30.3 Å². The summed E-state index contributed by atoms with van der Waals surface area (Å²) in [5.74, 6) is 1.33. The molecule has 0 saturated carbocycles. The van der Waals surface area contributed by atoms with Gasteiger partial charge in [0.2, 0.25) is 0 Å². The van der Waals surface area contributed by atoms with E-state index in [-0.39, 0.29) is 18.0 Å². The van der Waals surface area contributed by atoms with E-state index in [0.717, 1.165) is 29.8 Å². The fourth-order valence-corrected chi connectivity index (χ4v) is 4.36. The second-order valence-corrected chi connectivity index (χ2v) is 7.66. The Morgan fingerprint density at radius 1 is 1.13 bits per heavy atom. The number of hydrogen-bond donors (Lipinski definition) is 1. The number of carbonyl (C=O) groups excluding carboxylic acids is 1. The summed E-state index contributed by atoms with van der Waals surface area (Å²) in [5, 5.41) is 16.5. The van der Waals surface area contributed by atoms with E-state index in [4.69, 9.17) is 4.74 Å². The lowest BCUT2D eigenvalue weighted by Gasteiger charge is -2.31. The molecule has 2 fully saturated rings. The largest absolute Gasteiger partial charge is 0.457 e. The van der Waals surface area contributed by atoms with E-state index in [9.17, 15) is 10.1 Å². The molecular weight excluding hydrogens is 378 g/mol. The normalized spacial score (nSPS) is 20.1. The number of aromatic amines is 1. The topological polar surface area (TPSA) is 85.3 Å². The fraction of sp³-hybridized carbons (Fsp3) is 0.261. The Kier molecular flexibility index (Phi) is 4.60. The number of rotatable bonds is 4. The number of aromatic nitrogens is 2. The van der Waals surface area contributed by atoms with Crippen molar-refractivity contribution in [3.8, 4) is 28.9 Å². The molecular formula is C23H21N5O2. The minimum absolute atomic E-state index is 0.0738. The molecule has 7 nitrogen and oxygen atoms in total. The molecule has 1 amide bonds. The minimum Gasteiger partial charge on any atom is -0.457 e. The lowest BCUT2D eigenvalue weighted by atomic mass is 10.0. The number of piperidine rings is 1. The van der Waals surface area contributed by atoms with E-state index in [1.54, 1.807) is 11.0 Å². The number of fused-ring (bicyclic) bond motifs is 2. The molecule has 3 aromatic rings. The summed E-state index contributed by atoms with van der Waals surface area (Å²) in [6.07, 6.45) is 3.92. The molecule has 2 aromatic carbocycles. The molecule has 0 unspecified atom stereocenters. The first-order valence-corrected chi connectivity index (χ1v) is 10.1. The highest BCUT2D eigenvalue weighted by Gasteiger charge is 2.41. The molecule has 2 saturated heterocycles. The second-order valence-electron chi connectivity index (χ2n) is 7.66. The molecule has 7 heteroatoms. The zero-order valence-electron chi connectivity index (χ0n) is 16.4. The van der Waals surface area contributed by atoms with Crippen LogP contribution in [0, 0.1) is 11.5 Å². The molecule has 2 bridgehead atoms. The van der Waals surface area contributed by atoms with Crippen molar-refractivity contribution in [3.05, 3.63) is 66.4 Å². The van der Waals surface area contributed by atoms with Crippen LogP contribution in [0.3, 0.4) is 0 Å². The molecule has 1 aromatic heterocycles. The smallest absolute Gasteiger partial charge is 0.274 e. The fourth-order valence-electron chi connectivity index (χ4n) is 4.36. The average Bonchev–Trinajstić information content (AvgIpc) is 3.39. The van der Waals surface area contributed by atoms with Crippen LogP contribution in [0.15, 0.2) is 60.7 Å². The van der Waals surface area contributed by atoms with Crippen LogP contribution >= 0.6 is 0 Å². The molecule has 30 heavy (non-hydrogen) atoms. The van der Waals surface area contributed by atoms with Crippen LogP contribution in [-0.4, -0.2) is 51.1 Å². The quantitative estimate of drug-likeness (QED) is 0.677. The first-order valence-electron chi connectivity index (χ1n) is 10.1. The van der Waals surface area contributed by atoms with Crippen molar-refractivity contribution < 1.29 is 9.53 Å². The van der Waals surface area contributed by atoms with Gasteiger partial charge in [-0.25, -0.2) is 0 Å². The zero-order valence-corrected chi connectivity index (χ0v) is 16.4. The summed E-state index contributed by atoms with van der Waals surface area (Å²) >= 11 is 0. The van der Waals surface area contributed by atoms with E-state index in [0.29, 0.717) is 24.5 Å². The molecule has 2 aliphatic heterocycles. The van der Waals surface area contributed by atoms with Crippen LogP contribution in [0.4, 0.5) is 0 Å². The number of amides is 1. The van der Waals surface area contributed by atoms with Crippen LogP contribution in [-0.2, 0) is 0 Å². The van der Waals surface area contributed by atoms with Crippen molar-refractivity contribution in [2.45, 2.75) is 24.9 Å². The minimum atomic E-state index is -0.0952. The third-order valence-corrected chi connectivity index (χ3v) is 5.87. The van der Waals surface area contributed by atoms with Gasteiger partial charge in [-0.15, -0.1) is 0 Å².